The van der Waals surface area contributed by atoms with Crippen molar-refractivity contribution < 1.29 is 23.9 Å². The molecule has 2 aromatic rings. The molecule has 1 N–H and O–H groups in total. The van der Waals surface area contributed by atoms with E-state index in [1.165, 1.54) is 6.92 Å². The standard InChI is InChI=1S/C26H34N4O5/c1-17-14-30(25(32)13-20-8-6-7-11-27-20)18(2)16-35-23-12-21(28-19(3)31)9-10-22(23)26(33)29(4)15-24(17)34-5/h6-12,17-18,24H,13-16H2,1-5H3,(H,28,31)/t17-,18+,24-/m1/s1. The zero-order valence-electron chi connectivity index (χ0n) is 21.0. The van der Waals surface area contributed by atoms with Crippen LogP contribution in [0.3, 0.4) is 0 Å². The van der Waals surface area contributed by atoms with Gasteiger partial charge in [-0.15, -0.1) is 0 Å². The first-order valence-electron chi connectivity index (χ1n) is 11.7. The van der Waals surface area contributed by atoms with E-state index in [-0.39, 0.29) is 48.8 Å². The second-order valence-corrected chi connectivity index (χ2v) is 9.03. The zero-order chi connectivity index (χ0) is 25.5. The Morgan fingerprint density at radius 3 is 2.63 bits per heavy atom. The quantitative estimate of drug-likeness (QED) is 0.719. The number of anilines is 1. The van der Waals surface area contributed by atoms with E-state index in [4.69, 9.17) is 9.47 Å². The van der Waals surface area contributed by atoms with Crippen molar-refractivity contribution in [2.24, 2.45) is 5.92 Å². The number of carbonyl (C=O) groups excluding carboxylic acids is 3. The van der Waals surface area contributed by atoms with Crippen LogP contribution < -0.4 is 10.1 Å². The SMILES string of the molecule is CO[C@@H]1CN(C)C(=O)c2ccc(NC(C)=O)cc2OC[C@H](C)N(C(=O)Cc2ccccn2)C[C@H]1C. The number of nitrogens with zero attached hydrogens (tertiary/aromatic N) is 3. The molecule has 9 nitrogen and oxygen atoms in total. The number of likely N-dealkylation sites (N-methyl/N-ethyl adjacent to an activating group) is 1. The average Bonchev–Trinajstić information content (AvgIpc) is 2.83. The lowest BCUT2D eigenvalue weighted by Gasteiger charge is -2.36. The van der Waals surface area contributed by atoms with Crippen LogP contribution >= 0.6 is 0 Å². The van der Waals surface area contributed by atoms with Crippen LogP contribution in [0.4, 0.5) is 5.69 Å². The first kappa shape index (κ1) is 26.2. The molecule has 0 fully saturated rings. The van der Waals surface area contributed by atoms with Gasteiger partial charge in [-0.1, -0.05) is 13.0 Å². The Bertz CT molecular complexity index is 1050. The van der Waals surface area contributed by atoms with Gasteiger partial charge in [-0.2, -0.15) is 0 Å². The Labute approximate surface area is 206 Å². The summed E-state index contributed by atoms with van der Waals surface area (Å²) in [6.07, 6.45) is 1.58. The molecule has 3 amide bonds. The lowest BCUT2D eigenvalue weighted by molar-refractivity contribution is -0.134. The number of benzene rings is 1. The Balaban J connectivity index is 1.94. The third-order valence-corrected chi connectivity index (χ3v) is 6.15. The Morgan fingerprint density at radius 2 is 1.97 bits per heavy atom. The van der Waals surface area contributed by atoms with Gasteiger partial charge in [0.15, 0.2) is 0 Å². The molecule has 35 heavy (non-hydrogen) atoms. The summed E-state index contributed by atoms with van der Waals surface area (Å²) in [5.41, 5.74) is 1.60. The molecule has 1 aromatic heterocycles. The van der Waals surface area contributed by atoms with Crippen molar-refractivity contribution in [2.45, 2.75) is 39.3 Å². The minimum atomic E-state index is -0.282. The molecule has 0 spiro atoms. The smallest absolute Gasteiger partial charge is 0.257 e. The molecule has 188 valence electrons. The van der Waals surface area contributed by atoms with E-state index in [0.29, 0.717) is 35.8 Å². The third kappa shape index (κ3) is 6.79. The van der Waals surface area contributed by atoms with Crippen molar-refractivity contribution in [1.29, 1.82) is 0 Å². The fourth-order valence-electron chi connectivity index (χ4n) is 4.16. The van der Waals surface area contributed by atoms with E-state index in [2.05, 4.69) is 10.3 Å². The van der Waals surface area contributed by atoms with Crippen LogP contribution in [0.5, 0.6) is 5.75 Å². The predicted octanol–water partition coefficient (Wildman–Crippen LogP) is 2.62. The summed E-state index contributed by atoms with van der Waals surface area (Å²) in [4.78, 5) is 45.8. The lowest BCUT2D eigenvalue weighted by Crippen LogP contribution is -2.49. The van der Waals surface area contributed by atoms with Gasteiger partial charge in [0.1, 0.15) is 12.4 Å². The molecule has 1 aromatic carbocycles. The molecule has 0 radical (unpaired) electrons. The maximum atomic E-state index is 13.4. The van der Waals surface area contributed by atoms with Gasteiger partial charge in [0.2, 0.25) is 11.8 Å². The van der Waals surface area contributed by atoms with E-state index in [9.17, 15) is 14.4 Å². The fourth-order valence-corrected chi connectivity index (χ4v) is 4.16. The molecule has 3 rings (SSSR count). The van der Waals surface area contributed by atoms with E-state index in [1.54, 1.807) is 48.4 Å². The fraction of sp³-hybridized carbons (Fsp3) is 0.462. The minimum absolute atomic E-state index is 0.0357. The second kappa shape index (κ2) is 11.8. The van der Waals surface area contributed by atoms with Crippen molar-refractivity contribution in [3.63, 3.8) is 0 Å². The number of hydrogen-bond acceptors (Lipinski definition) is 6. The highest BCUT2D eigenvalue weighted by Crippen LogP contribution is 2.27. The molecule has 0 aliphatic carbocycles. The van der Waals surface area contributed by atoms with Crippen molar-refractivity contribution in [3.05, 3.63) is 53.9 Å². The first-order valence-corrected chi connectivity index (χ1v) is 11.7. The van der Waals surface area contributed by atoms with Crippen molar-refractivity contribution in [1.82, 2.24) is 14.8 Å². The van der Waals surface area contributed by atoms with E-state index in [0.717, 1.165) is 0 Å². The topological polar surface area (TPSA) is 101 Å². The number of amides is 3. The van der Waals surface area contributed by atoms with Crippen molar-refractivity contribution in [3.8, 4) is 5.75 Å². The van der Waals surface area contributed by atoms with E-state index in [1.807, 2.05) is 32.0 Å². The number of methoxy groups -OCH3 is 1. The number of ether oxygens (including phenoxy) is 2. The number of aromatic nitrogens is 1. The number of fused-ring (bicyclic) bond motifs is 1. The molecule has 3 atom stereocenters. The van der Waals surface area contributed by atoms with Gasteiger partial charge in [0, 0.05) is 63.7 Å². The van der Waals surface area contributed by atoms with Gasteiger partial charge < -0.3 is 24.6 Å². The predicted molar refractivity (Wildman–Crippen MR) is 132 cm³/mol. The average molecular weight is 483 g/mol. The third-order valence-electron chi connectivity index (χ3n) is 6.15. The molecule has 1 aliphatic rings. The largest absolute Gasteiger partial charge is 0.491 e. The molecule has 2 heterocycles. The summed E-state index contributed by atoms with van der Waals surface area (Å²) in [6, 6.07) is 10.2. The monoisotopic (exact) mass is 482 g/mol. The van der Waals surface area contributed by atoms with Gasteiger partial charge >= 0.3 is 0 Å². The highest BCUT2D eigenvalue weighted by Gasteiger charge is 2.30. The number of rotatable bonds is 4. The minimum Gasteiger partial charge on any atom is -0.491 e. The van der Waals surface area contributed by atoms with Gasteiger partial charge in [-0.05, 0) is 31.2 Å². The highest BCUT2D eigenvalue weighted by molar-refractivity contribution is 5.98. The highest BCUT2D eigenvalue weighted by atomic mass is 16.5. The van der Waals surface area contributed by atoms with Crippen LogP contribution in [-0.4, -0.2) is 78.5 Å². The van der Waals surface area contributed by atoms with Crippen LogP contribution in [0.2, 0.25) is 0 Å². The Hall–Kier alpha value is -3.46. The first-order chi connectivity index (χ1) is 16.7. The summed E-state index contributed by atoms with van der Waals surface area (Å²) >= 11 is 0. The summed E-state index contributed by atoms with van der Waals surface area (Å²) in [5.74, 6) is -0.181. The maximum Gasteiger partial charge on any atom is 0.257 e. The Morgan fingerprint density at radius 1 is 1.20 bits per heavy atom. The zero-order valence-corrected chi connectivity index (χ0v) is 21.0. The molecule has 9 heteroatoms. The van der Waals surface area contributed by atoms with Gasteiger partial charge in [-0.3, -0.25) is 19.4 Å². The summed E-state index contributed by atoms with van der Waals surface area (Å²) in [7, 11) is 3.33. The van der Waals surface area contributed by atoms with Gasteiger partial charge in [-0.25, -0.2) is 0 Å². The Kier molecular flexibility index (Phi) is 8.81. The lowest BCUT2D eigenvalue weighted by atomic mass is 10.0. The molecule has 0 saturated carbocycles. The van der Waals surface area contributed by atoms with Crippen LogP contribution in [0.15, 0.2) is 42.6 Å². The molecule has 0 bridgehead atoms. The van der Waals surface area contributed by atoms with Crippen LogP contribution in [-0.2, 0) is 20.7 Å². The second-order valence-electron chi connectivity index (χ2n) is 9.03. The van der Waals surface area contributed by atoms with Crippen LogP contribution in [0.25, 0.3) is 0 Å². The molecule has 0 unspecified atom stereocenters. The number of carbonyl (C=O) groups is 3. The number of nitrogens with one attached hydrogen (secondary N) is 1. The molecule has 1 aliphatic heterocycles. The number of hydrogen-bond donors (Lipinski definition) is 1. The van der Waals surface area contributed by atoms with Crippen molar-refractivity contribution >= 4 is 23.4 Å². The van der Waals surface area contributed by atoms with E-state index < -0.39 is 0 Å². The summed E-state index contributed by atoms with van der Waals surface area (Å²) in [5, 5.41) is 2.72. The molecular weight excluding hydrogens is 448 g/mol. The van der Waals surface area contributed by atoms with Crippen molar-refractivity contribution in [2.75, 3.05) is 39.2 Å². The van der Waals surface area contributed by atoms with Crippen LogP contribution in [0.1, 0.15) is 36.8 Å². The number of pyridine rings is 1. The maximum absolute atomic E-state index is 13.4. The summed E-state index contributed by atoms with van der Waals surface area (Å²) in [6.45, 7) is 6.31. The van der Waals surface area contributed by atoms with Gasteiger partial charge in [0.25, 0.3) is 5.91 Å². The normalized spacial score (nSPS) is 21.3. The molecular formula is C26H34N4O5. The van der Waals surface area contributed by atoms with Crippen LogP contribution in [0, 0.1) is 5.92 Å². The van der Waals surface area contributed by atoms with E-state index >= 15 is 0 Å². The summed E-state index contributed by atoms with van der Waals surface area (Å²) < 4.78 is 11.8. The molecule has 0 saturated heterocycles. The van der Waals surface area contributed by atoms with Gasteiger partial charge in [0.05, 0.1) is 24.1 Å².